The Labute approximate surface area is 167 Å². The molecule has 0 aliphatic rings. The van der Waals surface area contributed by atoms with E-state index in [2.05, 4.69) is 15.8 Å². The molecule has 2 N–H and O–H groups in total. The lowest BCUT2D eigenvalue weighted by Crippen LogP contribution is -2.47. The van der Waals surface area contributed by atoms with Crippen LogP contribution >= 0.6 is 11.6 Å². The lowest BCUT2D eigenvalue weighted by Gasteiger charge is -2.18. The Kier molecular flexibility index (Phi) is 6.45. The molecule has 2 amide bonds. The summed E-state index contributed by atoms with van der Waals surface area (Å²) in [5.74, 6) is -0.100. The van der Waals surface area contributed by atoms with Crippen LogP contribution in [0.15, 0.2) is 65.2 Å². The molecule has 0 saturated heterocycles. The smallest absolute Gasteiger partial charge is 0.251 e. The first-order valence-electron chi connectivity index (χ1n) is 8.81. The summed E-state index contributed by atoms with van der Waals surface area (Å²) in [6, 6.07) is 17.0. The molecule has 1 atom stereocenters. The highest BCUT2D eigenvalue weighted by atomic mass is 35.5. The van der Waals surface area contributed by atoms with E-state index in [0.29, 0.717) is 22.8 Å². The molecule has 144 valence electrons. The van der Waals surface area contributed by atoms with Gasteiger partial charge < -0.3 is 15.2 Å². The lowest BCUT2D eigenvalue weighted by molar-refractivity contribution is -0.123. The summed E-state index contributed by atoms with van der Waals surface area (Å²) >= 11 is 5.87. The van der Waals surface area contributed by atoms with Gasteiger partial charge in [-0.25, -0.2) is 0 Å². The highest BCUT2D eigenvalue weighted by Gasteiger charge is 2.22. The molecular formula is C21H20ClN3O3. The molecule has 0 saturated carbocycles. The van der Waals surface area contributed by atoms with Crippen LogP contribution in [-0.4, -0.2) is 23.0 Å². The summed E-state index contributed by atoms with van der Waals surface area (Å²) in [5, 5.41) is 9.93. The molecule has 3 aromatic rings. The van der Waals surface area contributed by atoms with E-state index >= 15 is 0 Å². The first kappa shape index (κ1) is 19.6. The summed E-state index contributed by atoms with van der Waals surface area (Å²) in [4.78, 5) is 25.3. The van der Waals surface area contributed by atoms with Crippen molar-refractivity contribution in [1.82, 2.24) is 15.8 Å². The Bertz CT molecular complexity index is 939. The van der Waals surface area contributed by atoms with Gasteiger partial charge in [0.25, 0.3) is 5.91 Å². The molecule has 0 unspecified atom stereocenters. The van der Waals surface area contributed by atoms with E-state index in [0.717, 1.165) is 11.3 Å². The molecular weight excluding hydrogens is 378 g/mol. The second-order valence-electron chi connectivity index (χ2n) is 6.38. The van der Waals surface area contributed by atoms with Crippen molar-refractivity contribution in [3.63, 3.8) is 0 Å². The van der Waals surface area contributed by atoms with Crippen LogP contribution in [-0.2, 0) is 17.8 Å². The van der Waals surface area contributed by atoms with Crippen LogP contribution in [0, 0.1) is 6.92 Å². The number of amides is 2. The van der Waals surface area contributed by atoms with E-state index in [-0.39, 0.29) is 18.4 Å². The number of nitrogens with zero attached hydrogens (tertiary/aromatic N) is 1. The number of carbonyl (C=O) groups is 2. The number of carbonyl (C=O) groups excluding carboxylic acids is 2. The zero-order valence-electron chi connectivity index (χ0n) is 15.3. The normalized spacial score (nSPS) is 11.6. The van der Waals surface area contributed by atoms with Crippen LogP contribution in [0.1, 0.15) is 27.4 Å². The predicted molar refractivity (Wildman–Crippen MR) is 106 cm³/mol. The zero-order chi connectivity index (χ0) is 19.9. The number of halogens is 1. The summed E-state index contributed by atoms with van der Waals surface area (Å²) in [6.45, 7) is 2.00. The molecule has 3 rings (SSSR count). The molecule has 0 radical (unpaired) electrons. The van der Waals surface area contributed by atoms with Gasteiger partial charge in [-0.1, -0.05) is 47.1 Å². The first-order chi connectivity index (χ1) is 13.5. The van der Waals surface area contributed by atoms with Gasteiger partial charge in [-0.3, -0.25) is 9.59 Å². The Morgan fingerprint density at radius 3 is 2.46 bits per heavy atom. The van der Waals surface area contributed by atoms with Crippen molar-refractivity contribution < 1.29 is 14.1 Å². The Hall–Kier alpha value is -3.12. The van der Waals surface area contributed by atoms with E-state index in [4.69, 9.17) is 16.1 Å². The molecule has 0 fully saturated rings. The van der Waals surface area contributed by atoms with E-state index in [1.165, 1.54) is 0 Å². The minimum Gasteiger partial charge on any atom is -0.359 e. The third-order valence-electron chi connectivity index (χ3n) is 4.12. The van der Waals surface area contributed by atoms with Gasteiger partial charge in [-0.15, -0.1) is 0 Å². The predicted octanol–water partition coefficient (Wildman–Crippen LogP) is 3.29. The van der Waals surface area contributed by atoms with Crippen molar-refractivity contribution in [2.45, 2.75) is 25.9 Å². The van der Waals surface area contributed by atoms with Crippen LogP contribution in [0.5, 0.6) is 0 Å². The Morgan fingerprint density at radius 2 is 1.82 bits per heavy atom. The second-order valence-corrected chi connectivity index (χ2v) is 6.81. The number of aromatic nitrogens is 1. The number of hydrogen-bond donors (Lipinski definition) is 2. The number of nitrogens with one attached hydrogen (secondary N) is 2. The Morgan fingerprint density at radius 1 is 1.11 bits per heavy atom. The van der Waals surface area contributed by atoms with Gasteiger partial charge in [0.1, 0.15) is 6.04 Å². The van der Waals surface area contributed by atoms with Gasteiger partial charge in [-0.2, -0.15) is 0 Å². The van der Waals surface area contributed by atoms with Crippen molar-refractivity contribution in [1.29, 1.82) is 0 Å². The monoisotopic (exact) mass is 397 g/mol. The minimum atomic E-state index is -0.741. The van der Waals surface area contributed by atoms with Gasteiger partial charge in [0.15, 0.2) is 5.76 Å². The van der Waals surface area contributed by atoms with Crippen LogP contribution in [0.3, 0.4) is 0 Å². The molecule has 6 nitrogen and oxygen atoms in total. The van der Waals surface area contributed by atoms with E-state index in [9.17, 15) is 9.59 Å². The average molecular weight is 398 g/mol. The molecule has 28 heavy (non-hydrogen) atoms. The minimum absolute atomic E-state index is 0.196. The quantitative estimate of drug-likeness (QED) is 0.640. The van der Waals surface area contributed by atoms with Crippen molar-refractivity contribution in [2.24, 2.45) is 0 Å². The fourth-order valence-electron chi connectivity index (χ4n) is 2.70. The maximum atomic E-state index is 12.7. The van der Waals surface area contributed by atoms with Gasteiger partial charge in [0.05, 0.1) is 12.2 Å². The third-order valence-corrected chi connectivity index (χ3v) is 4.38. The maximum Gasteiger partial charge on any atom is 0.251 e. The van der Waals surface area contributed by atoms with Gasteiger partial charge in [0.2, 0.25) is 5.91 Å². The molecule has 0 aliphatic heterocycles. The van der Waals surface area contributed by atoms with Crippen molar-refractivity contribution in [2.75, 3.05) is 0 Å². The first-order valence-corrected chi connectivity index (χ1v) is 9.19. The summed E-state index contributed by atoms with van der Waals surface area (Å²) < 4.78 is 5.11. The van der Waals surface area contributed by atoms with Crippen molar-refractivity contribution in [3.8, 4) is 0 Å². The van der Waals surface area contributed by atoms with E-state index < -0.39 is 6.04 Å². The molecule has 0 bridgehead atoms. The molecule has 7 heteroatoms. The Balaban J connectivity index is 1.70. The molecule has 2 aromatic carbocycles. The number of aryl methyl sites for hydroxylation is 1. The lowest BCUT2D eigenvalue weighted by atomic mass is 10.0. The van der Waals surface area contributed by atoms with Crippen LogP contribution in [0.25, 0.3) is 0 Å². The fourth-order valence-corrected chi connectivity index (χ4v) is 2.82. The summed E-state index contributed by atoms with van der Waals surface area (Å²) in [5.41, 5.74) is 2.11. The van der Waals surface area contributed by atoms with Gasteiger partial charge >= 0.3 is 0 Å². The third kappa shape index (κ3) is 5.44. The SMILES string of the molecule is Cc1cc(CNC(=O)[C@@H](Cc2ccccc2)NC(=O)c2ccc(Cl)cc2)on1. The zero-order valence-corrected chi connectivity index (χ0v) is 16.1. The maximum absolute atomic E-state index is 12.7. The van der Waals surface area contributed by atoms with E-state index in [1.807, 2.05) is 30.3 Å². The topological polar surface area (TPSA) is 84.2 Å². The average Bonchev–Trinajstić information content (AvgIpc) is 3.12. The van der Waals surface area contributed by atoms with Gasteiger partial charge in [0, 0.05) is 23.1 Å². The van der Waals surface area contributed by atoms with Crippen molar-refractivity contribution in [3.05, 3.63) is 88.3 Å². The van der Waals surface area contributed by atoms with Crippen LogP contribution < -0.4 is 10.6 Å². The highest BCUT2D eigenvalue weighted by molar-refractivity contribution is 6.30. The van der Waals surface area contributed by atoms with E-state index in [1.54, 1.807) is 37.3 Å². The summed E-state index contributed by atoms with van der Waals surface area (Å²) in [7, 11) is 0. The fraction of sp³-hybridized carbons (Fsp3) is 0.190. The standard InChI is InChI=1S/C21H20ClN3O3/c1-14-11-18(28-25-14)13-23-21(27)19(12-15-5-3-2-4-6-15)24-20(26)16-7-9-17(22)10-8-16/h2-11,19H,12-13H2,1H3,(H,23,27)(H,24,26)/t19-/m1/s1. The van der Waals surface area contributed by atoms with Crippen LogP contribution in [0.2, 0.25) is 5.02 Å². The molecule has 1 aromatic heterocycles. The van der Waals surface area contributed by atoms with Crippen molar-refractivity contribution >= 4 is 23.4 Å². The van der Waals surface area contributed by atoms with Gasteiger partial charge in [-0.05, 0) is 36.8 Å². The number of rotatable bonds is 7. The largest absolute Gasteiger partial charge is 0.359 e. The molecule has 0 aliphatic carbocycles. The molecule has 0 spiro atoms. The number of benzene rings is 2. The second kappa shape index (κ2) is 9.19. The summed E-state index contributed by atoms with van der Waals surface area (Å²) in [6.07, 6.45) is 0.363. The number of hydrogen-bond acceptors (Lipinski definition) is 4. The van der Waals surface area contributed by atoms with Crippen LogP contribution in [0.4, 0.5) is 0 Å². The highest BCUT2D eigenvalue weighted by Crippen LogP contribution is 2.11. The molecule has 1 heterocycles.